The quantitative estimate of drug-likeness (QED) is 0.842. The van der Waals surface area contributed by atoms with Gasteiger partial charge in [0, 0.05) is 32.0 Å². The summed E-state index contributed by atoms with van der Waals surface area (Å²) in [6.45, 7) is 5.94. The summed E-state index contributed by atoms with van der Waals surface area (Å²) < 4.78 is 0. The van der Waals surface area contributed by atoms with Crippen LogP contribution < -0.4 is 0 Å². The maximum absolute atomic E-state index is 12.2. The summed E-state index contributed by atoms with van der Waals surface area (Å²) in [6, 6.07) is 0.644. The van der Waals surface area contributed by atoms with E-state index in [1.54, 1.807) is 0 Å². The number of nitrogens with zero attached hydrogens (tertiary/aromatic N) is 2. The van der Waals surface area contributed by atoms with E-state index >= 15 is 0 Å². The molecule has 5 heteroatoms. The highest BCUT2D eigenvalue weighted by molar-refractivity contribution is 5.77. The molecule has 2 aliphatic rings. The zero-order chi connectivity index (χ0) is 15.2. The van der Waals surface area contributed by atoms with Gasteiger partial charge in [-0.05, 0) is 44.7 Å². The Morgan fingerprint density at radius 2 is 1.67 bits per heavy atom. The van der Waals surface area contributed by atoms with Gasteiger partial charge in [0.2, 0.25) is 5.91 Å². The molecule has 1 unspecified atom stereocenters. The molecule has 0 saturated carbocycles. The topological polar surface area (TPSA) is 60.9 Å². The van der Waals surface area contributed by atoms with Crippen LogP contribution in [0, 0.1) is 5.92 Å². The molecule has 5 nitrogen and oxygen atoms in total. The number of carbonyl (C=O) groups excluding carboxylic acids is 1. The molecular weight excluding hydrogens is 268 g/mol. The second kappa shape index (κ2) is 7.78. The fraction of sp³-hybridized carbons (Fsp3) is 0.875. The molecule has 0 aromatic carbocycles. The normalized spacial score (nSPS) is 23.0. The van der Waals surface area contributed by atoms with Crippen molar-refractivity contribution in [1.82, 2.24) is 9.80 Å². The van der Waals surface area contributed by atoms with Crippen molar-refractivity contribution in [2.75, 3.05) is 26.2 Å². The zero-order valence-corrected chi connectivity index (χ0v) is 13.1. The highest BCUT2D eigenvalue weighted by Gasteiger charge is 2.28. The molecule has 0 bridgehead atoms. The Kier molecular flexibility index (Phi) is 6.03. The Balaban J connectivity index is 1.72. The Morgan fingerprint density at radius 1 is 1.05 bits per heavy atom. The third kappa shape index (κ3) is 4.99. The van der Waals surface area contributed by atoms with Crippen molar-refractivity contribution >= 4 is 11.9 Å². The van der Waals surface area contributed by atoms with Crippen LogP contribution in [0.4, 0.5) is 0 Å². The number of aliphatic carboxylic acids is 1. The summed E-state index contributed by atoms with van der Waals surface area (Å²) in [4.78, 5) is 27.4. The van der Waals surface area contributed by atoms with E-state index in [0.29, 0.717) is 12.5 Å². The van der Waals surface area contributed by atoms with Crippen LogP contribution in [0.3, 0.4) is 0 Å². The van der Waals surface area contributed by atoms with E-state index in [2.05, 4.69) is 4.90 Å². The van der Waals surface area contributed by atoms with Gasteiger partial charge in [0.05, 0.1) is 0 Å². The summed E-state index contributed by atoms with van der Waals surface area (Å²) >= 11 is 0. The van der Waals surface area contributed by atoms with Gasteiger partial charge < -0.3 is 14.9 Å². The second-order valence-electron chi connectivity index (χ2n) is 6.62. The maximum atomic E-state index is 12.2. The molecule has 2 fully saturated rings. The van der Waals surface area contributed by atoms with Crippen molar-refractivity contribution in [3.8, 4) is 0 Å². The largest absolute Gasteiger partial charge is 0.481 e. The first-order valence-corrected chi connectivity index (χ1v) is 8.30. The van der Waals surface area contributed by atoms with Gasteiger partial charge in [-0.25, -0.2) is 0 Å². The van der Waals surface area contributed by atoms with Crippen molar-refractivity contribution in [3.05, 3.63) is 0 Å². The minimum Gasteiger partial charge on any atom is -0.481 e. The number of piperidine rings is 2. The predicted octanol–water partition coefficient (Wildman–Crippen LogP) is 1.96. The molecule has 2 heterocycles. The third-order valence-corrected chi connectivity index (χ3v) is 4.77. The van der Waals surface area contributed by atoms with E-state index in [9.17, 15) is 9.59 Å². The highest BCUT2D eigenvalue weighted by atomic mass is 16.4. The maximum Gasteiger partial charge on any atom is 0.303 e. The van der Waals surface area contributed by atoms with E-state index < -0.39 is 5.97 Å². The first kappa shape index (κ1) is 16.3. The number of rotatable bonds is 5. The van der Waals surface area contributed by atoms with Crippen LogP contribution in [0.5, 0.6) is 0 Å². The molecule has 120 valence electrons. The van der Waals surface area contributed by atoms with Gasteiger partial charge >= 0.3 is 5.97 Å². The molecule has 0 aliphatic carbocycles. The summed E-state index contributed by atoms with van der Waals surface area (Å²) in [5.74, 6) is -0.769. The monoisotopic (exact) mass is 296 g/mol. The number of carboxylic acids is 1. The standard InChI is InChI=1S/C16H28N2O3/c1-13(12-16(20)21)11-15(19)18-9-5-14(6-10-18)17-7-3-2-4-8-17/h13-14H,2-12H2,1H3,(H,20,21). The second-order valence-corrected chi connectivity index (χ2v) is 6.62. The molecule has 1 amide bonds. The fourth-order valence-corrected chi connectivity index (χ4v) is 3.56. The lowest BCUT2D eigenvalue weighted by Crippen LogP contribution is -2.48. The first-order chi connectivity index (χ1) is 10.1. The van der Waals surface area contributed by atoms with E-state index in [-0.39, 0.29) is 18.2 Å². The number of hydrogen-bond acceptors (Lipinski definition) is 3. The Hall–Kier alpha value is -1.10. The average Bonchev–Trinajstić information content (AvgIpc) is 2.47. The van der Waals surface area contributed by atoms with Gasteiger partial charge in [-0.1, -0.05) is 13.3 Å². The predicted molar refractivity (Wildman–Crippen MR) is 81.1 cm³/mol. The molecule has 1 N–H and O–H groups in total. The summed E-state index contributed by atoms with van der Waals surface area (Å²) in [7, 11) is 0. The van der Waals surface area contributed by atoms with Crippen LogP contribution in [0.15, 0.2) is 0 Å². The smallest absolute Gasteiger partial charge is 0.303 e. The molecule has 21 heavy (non-hydrogen) atoms. The van der Waals surface area contributed by atoms with Gasteiger partial charge in [0.1, 0.15) is 0 Å². The van der Waals surface area contributed by atoms with Gasteiger partial charge in [-0.15, -0.1) is 0 Å². The lowest BCUT2D eigenvalue weighted by molar-refractivity contribution is -0.138. The molecule has 1 atom stereocenters. The van der Waals surface area contributed by atoms with Crippen molar-refractivity contribution in [3.63, 3.8) is 0 Å². The van der Waals surface area contributed by atoms with Crippen LogP contribution in [0.25, 0.3) is 0 Å². The summed E-state index contributed by atoms with van der Waals surface area (Å²) in [5, 5.41) is 8.76. The summed E-state index contributed by atoms with van der Waals surface area (Å²) in [6.07, 6.45) is 6.56. The van der Waals surface area contributed by atoms with Crippen molar-refractivity contribution in [2.24, 2.45) is 5.92 Å². The van der Waals surface area contributed by atoms with Gasteiger partial charge in [0.15, 0.2) is 0 Å². The molecule has 0 aromatic heterocycles. The molecule has 2 aliphatic heterocycles. The van der Waals surface area contributed by atoms with Crippen LogP contribution >= 0.6 is 0 Å². The number of amides is 1. The zero-order valence-electron chi connectivity index (χ0n) is 13.1. The highest BCUT2D eigenvalue weighted by Crippen LogP contribution is 2.22. The molecule has 0 aromatic rings. The molecule has 2 rings (SSSR count). The van der Waals surface area contributed by atoms with Crippen LogP contribution in [-0.4, -0.2) is 59.0 Å². The van der Waals surface area contributed by atoms with Gasteiger partial charge in [-0.2, -0.15) is 0 Å². The Morgan fingerprint density at radius 3 is 2.24 bits per heavy atom. The molecule has 0 spiro atoms. The van der Waals surface area contributed by atoms with Gasteiger partial charge in [0.25, 0.3) is 0 Å². The fourth-order valence-electron chi connectivity index (χ4n) is 3.56. The van der Waals surface area contributed by atoms with Crippen molar-refractivity contribution in [2.45, 2.75) is 57.9 Å². The lowest BCUT2D eigenvalue weighted by atomic mass is 9.98. The first-order valence-electron chi connectivity index (χ1n) is 8.30. The van der Waals surface area contributed by atoms with Crippen LogP contribution in [-0.2, 0) is 9.59 Å². The van der Waals surface area contributed by atoms with Gasteiger partial charge in [-0.3, -0.25) is 9.59 Å². The number of carbonyl (C=O) groups is 2. The third-order valence-electron chi connectivity index (χ3n) is 4.77. The Labute approximate surface area is 127 Å². The molecule has 0 radical (unpaired) electrons. The van der Waals surface area contributed by atoms with E-state index in [1.807, 2.05) is 11.8 Å². The molecular formula is C16H28N2O3. The van der Waals surface area contributed by atoms with Crippen LogP contribution in [0.1, 0.15) is 51.9 Å². The van der Waals surface area contributed by atoms with E-state index in [0.717, 1.165) is 25.9 Å². The SMILES string of the molecule is CC(CC(=O)O)CC(=O)N1CCC(N2CCCCC2)CC1. The minimum absolute atomic E-state index is 0.0742. The summed E-state index contributed by atoms with van der Waals surface area (Å²) in [5.41, 5.74) is 0. The minimum atomic E-state index is -0.820. The average molecular weight is 296 g/mol. The number of likely N-dealkylation sites (tertiary alicyclic amines) is 2. The van der Waals surface area contributed by atoms with E-state index in [1.165, 1.54) is 32.4 Å². The lowest BCUT2D eigenvalue weighted by Gasteiger charge is -2.40. The number of carboxylic acid groups (broad SMARTS) is 1. The van der Waals surface area contributed by atoms with Crippen LogP contribution in [0.2, 0.25) is 0 Å². The Bertz CT molecular complexity index is 359. The number of hydrogen-bond donors (Lipinski definition) is 1. The molecule has 2 saturated heterocycles. The van der Waals surface area contributed by atoms with Crippen molar-refractivity contribution < 1.29 is 14.7 Å². The van der Waals surface area contributed by atoms with Crippen molar-refractivity contribution in [1.29, 1.82) is 0 Å². The van der Waals surface area contributed by atoms with E-state index in [4.69, 9.17) is 5.11 Å².